The zero-order chi connectivity index (χ0) is 14.0. The van der Waals surface area contributed by atoms with Gasteiger partial charge in [0.25, 0.3) is 0 Å². The highest BCUT2D eigenvalue weighted by Gasteiger charge is 2.32. The van der Waals surface area contributed by atoms with E-state index in [-0.39, 0.29) is 5.78 Å². The molecule has 104 valence electrons. The van der Waals surface area contributed by atoms with Gasteiger partial charge in [-0.05, 0) is 36.4 Å². The number of Topliss-reactive ketones (excluding diaryl/α,β-unsaturated/α-hetero) is 1. The predicted molar refractivity (Wildman–Crippen MR) is 79.8 cm³/mol. The Hall–Kier alpha value is -0.860. The second-order valence-corrected chi connectivity index (χ2v) is 6.96. The Bertz CT molecular complexity index is 464. The number of likely N-dealkylation sites (tertiary alicyclic amines) is 1. The van der Waals surface area contributed by atoms with Gasteiger partial charge in [0.1, 0.15) is 0 Å². The minimum atomic E-state index is 0.164. The van der Waals surface area contributed by atoms with Crippen LogP contribution in [-0.4, -0.2) is 30.3 Å². The zero-order valence-corrected chi connectivity index (χ0v) is 12.7. The molecule has 1 saturated heterocycles. The van der Waals surface area contributed by atoms with Crippen LogP contribution in [0.4, 0.5) is 0 Å². The first-order valence-corrected chi connectivity index (χ1v) is 7.25. The van der Waals surface area contributed by atoms with Crippen molar-refractivity contribution in [2.75, 3.05) is 19.6 Å². The molecule has 1 aliphatic rings. The van der Waals surface area contributed by atoms with Crippen molar-refractivity contribution in [3.05, 3.63) is 34.9 Å². The van der Waals surface area contributed by atoms with Gasteiger partial charge in [-0.2, -0.15) is 0 Å². The molecule has 0 aliphatic carbocycles. The number of hydrogen-bond acceptors (Lipinski definition) is 2. The Labute approximate surface area is 120 Å². The van der Waals surface area contributed by atoms with Crippen molar-refractivity contribution in [1.82, 2.24) is 4.90 Å². The first-order chi connectivity index (χ1) is 8.86. The highest BCUT2D eigenvalue weighted by molar-refractivity contribution is 6.31. The molecule has 0 aromatic heterocycles. The van der Waals surface area contributed by atoms with E-state index in [4.69, 9.17) is 11.6 Å². The summed E-state index contributed by atoms with van der Waals surface area (Å²) in [5, 5.41) is 0.625. The number of carbonyl (C=O) groups is 1. The SMILES string of the molecule is CC(C)(C)C1CCN(CC(=O)c2cccc(Cl)c2)C1. The molecular formula is C16H22ClNO. The molecule has 0 spiro atoms. The molecule has 1 aromatic rings. The fourth-order valence-electron chi connectivity index (χ4n) is 2.64. The minimum Gasteiger partial charge on any atom is -0.295 e. The lowest BCUT2D eigenvalue weighted by molar-refractivity contribution is 0.0938. The smallest absolute Gasteiger partial charge is 0.176 e. The number of benzene rings is 1. The fourth-order valence-corrected chi connectivity index (χ4v) is 2.83. The summed E-state index contributed by atoms with van der Waals surface area (Å²) in [5.74, 6) is 0.844. The van der Waals surface area contributed by atoms with Crippen LogP contribution in [0.15, 0.2) is 24.3 Å². The maximum absolute atomic E-state index is 12.2. The molecule has 2 rings (SSSR count). The van der Waals surface area contributed by atoms with Crippen LogP contribution in [0.3, 0.4) is 0 Å². The highest BCUT2D eigenvalue weighted by Crippen LogP contribution is 2.33. The summed E-state index contributed by atoms with van der Waals surface area (Å²) < 4.78 is 0. The van der Waals surface area contributed by atoms with E-state index in [1.54, 1.807) is 12.1 Å². The molecular weight excluding hydrogens is 258 g/mol. The van der Waals surface area contributed by atoms with E-state index in [9.17, 15) is 4.79 Å². The Morgan fingerprint density at radius 2 is 2.16 bits per heavy atom. The Morgan fingerprint density at radius 3 is 2.74 bits per heavy atom. The molecule has 0 radical (unpaired) electrons. The summed E-state index contributed by atoms with van der Waals surface area (Å²) in [7, 11) is 0. The molecule has 1 aromatic carbocycles. The van der Waals surface area contributed by atoms with Gasteiger partial charge in [0.05, 0.1) is 6.54 Å². The molecule has 0 N–H and O–H groups in total. The highest BCUT2D eigenvalue weighted by atomic mass is 35.5. The van der Waals surface area contributed by atoms with Crippen molar-refractivity contribution in [2.45, 2.75) is 27.2 Å². The number of nitrogens with zero attached hydrogens (tertiary/aromatic N) is 1. The van der Waals surface area contributed by atoms with Crippen molar-refractivity contribution in [3.8, 4) is 0 Å². The normalized spacial score (nSPS) is 20.7. The quantitative estimate of drug-likeness (QED) is 0.783. The molecule has 19 heavy (non-hydrogen) atoms. The average Bonchev–Trinajstić information content (AvgIpc) is 2.77. The van der Waals surface area contributed by atoms with E-state index in [1.165, 1.54) is 6.42 Å². The summed E-state index contributed by atoms with van der Waals surface area (Å²) in [6.45, 7) is 9.39. The van der Waals surface area contributed by atoms with Crippen LogP contribution in [0.5, 0.6) is 0 Å². The lowest BCUT2D eigenvalue weighted by Gasteiger charge is -2.27. The summed E-state index contributed by atoms with van der Waals surface area (Å²) in [5.41, 5.74) is 1.04. The van der Waals surface area contributed by atoms with E-state index in [2.05, 4.69) is 25.7 Å². The summed E-state index contributed by atoms with van der Waals surface area (Å²) >= 11 is 5.92. The number of carbonyl (C=O) groups excluding carboxylic acids is 1. The van der Waals surface area contributed by atoms with Gasteiger partial charge in [-0.1, -0.05) is 44.5 Å². The first kappa shape index (κ1) is 14.5. The van der Waals surface area contributed by atoms with Crippen LogP contribution in [0.1, 0.15) is 37.6 Å². The van der Waals surface area contributed by atoms with Gasteiger partial charge in [-0.25, -0.2) is 0 Å². The standard InChI is InChI=1S/C16H22ClNO/c1-16(2,3)13-7-8-18(10-13)11-15(19)12-5-4-6-14(17)9-12/h4-6,9,13H,7-8,10-11H2,1-3H3. The van der Waals surface area contributed by atoms with Crippen molar-refractivity contribution in [3.63, 3.8) is 0 Å². The third kappa shape index (κ3) is 3.80. The van der Waals surface area contributed by atoms with Crippen LogP contribution < -0.4 is 0 Å². The molecule has 0 saturated carbocycles. The predicted octanol–water partition coefficient (Wildman–Crippen LogP) is 3.89. The van der Waals surface area contributed by atoms with E-state index in [0.717, 1.165) is 13.1 Å². The number of ketones is 1. The molecule has 2 nitrogen and oxygen atoms in total. The molecule has 1 fully saturated rings. The summed E-state index contributed by atoms with van der Waals surface area (Å²) in [4.78, 5) is 14.5. The molecule has 1 unspecified atom stereocenters. The van der Waals surface area contributed by atoms with Crippen LogP contribution in [0.2, 0.25) is 5.02 Å². The molecule has 1 aliphatic heterocycles. The second kappa shape index (κ2) is 5.64. The largest absolute Gasteiger partial charge is 0.295 e. The minimum absolute atomic E-state index is 0.164. The van der Waals surface area contributed by atoms with Crippen LogP contribution in [-0.2, 0) is 0 Å². The van der Waals surface area contributed by atoms with Crippen molar-refractivity contribution >= 4 is 17.4 Å². The van der Waals surface area contributed by atoms with Crippen molar-refractivity contribution in [1.29, 1.82) is 0 Å². The fraction of sp³-hybridized carbons (Fsp3) is 0.562. The van der Waals surface area contributed by atoms with Crippen molar-refractivity contribution in [2.24, 2.45) is 11.3 Å². The van der Waals surface area contributed by atoms with Crippen LogP contribution in [0, 0.1) is 11.3 Å². The third-order valence-corrected chi connectivity index (χ3v) is 4.25. The van der Waals surface area contributed by atoms with Crippen molar-refractivity contribution < 1.29 is 4.79 Å². The maximum atomic E-state index is 12.2. The van der Waals surface area contributed by atoms with Gasteiger partial charge >= 0.3 is 0 Å². The van der Waals surface area contributed by atoms with Gasteiger partial charge in [0.15, 0.2) is 5.78 Å². The Morgan fingerprint density at radius 1 is 1.42 bits per heavy atom. The van der Waals surface area contributed by atoms with Crippen LogP contribution in [0.25, 0.3) is 0 Å². The van der Waals surface area contributed by atoms with E-state index in [1.807, 2.05) is 12.1 Å². The molecule has 0 bridgehead atoms. The number of halogens is 1. The van der Waals surface area contributed by atoms with Gasteiger partial charge in [0, 0.05) is 17.1 Å². The summed E-state index contributed by atoms with van der Waals surface area (Å²) in [6.07, 6.45) is 1.19. The monoisotopic (exact) mass is 279 g/mol. The lowest BCUT2D eigenvalue weighted by Crippen LogP contribution is -2.30. The molecule has 1 atom stereocenters. The molecule has 0 amide bonds. The second-order valence-electron chi connectivity index (χ2n) is 6.52. The topological polar surface area (TPSA) is 20.3 Å². The van der Waals surface area contributed by atoms with Gasteiger partial charge in [0.2, 0.25) is 0 Å². The van der Waals surface area contributed by atoms with Gasteiger partial charge < -0.3 is 0 Å². The third-order valence-electron chi connectivity index (χ3n) is 4.01. The number of rotatable bonds is 3. The Balaban J connectivity index is 1.94. The van der Waals surface area contributed by atoms with E-state index in [0.29, 0.717) is 28.5 Å². The van der Waals surface area contributed by atoms with E-state index >= 15 is 0 Å². The average molecular weight is 280 g/mol. The van der Waals surface area contributed by atoms with Gasteiger partial charge in [-0.3, -0.25) is 9.69 Å². The van der Waals surface area contributed by atoms with Gasteiger partial charge in [-0.15, -0.1) is 0 Å². The summed E-state index contributed by atoms with van der Waals surface area (Å²) in [6, 6.07) is 7.22. The first-order valence-electron chi connectivity index (χ1n) is 6.87. The zero-order valence-electron chi connectivity index (χ0n) is 11.9. The molecule has 3 heteroatoms. The maximum Gasteiger partial charge on any atom is 0.176 e. The Kier molecular flexibility index (Phi) is 4.32. The molecule has 1 heterocycles. The number of hydrogen-bond donors (Lipinski definition) is 0. The van der Waals surface area contributed by atoms with Crippen LogP contribution >= 0.6 is 11.6 Å². The van der Waals surface area contributed by atoms with E-state index < -0.39 is 0 Å². The lowest BCUT2D eigenvalue weighted by atomic mass is 9.80.